The van der Waals surface area contributed by atoms with Crippen LogP contribution in [0.1, 0.15) is 0 Å². The second-order valence-electron chi connectivity index (χ2n) is 4.03. The Hall–Kier alpha value is -2.01. The molecule has 0 aliphatic carbocycles. The molecule has 2 heterocycles. The van der Waals surface area contributed by atoms with Crippen LogP contribution in [0.3, 0.4) is 0 Å². The van der Waals surface area contributed by atoms with Gasteiger partial charge in [0.1, 0.15) is 0 Å². The first-order chi connectivity index (χ1) is 8.69. The van der Waals surface area contributed by atoms with Crippen LogP contribution in [-0.2, 0) is 10.0 Å². The molecule has 0 spiro atoms. The van der Waals surface area contributed by atoms with Crippen LogP contribution in [0.5, 0.6) is 0 Å². The second kappa shape index (κ2) is 4.03. The van der Waals surface area contributed by atoms with E-state index >= 15 is 0 Å². The Morgan fingerprint density at radius 3 is 2.67 bits per heavy atom. The lowest BCUT2D eigenvalue weighted by Crippen LogP contribution is -2.38. The third-order valence-corrected chi connectivity index (χ3v) is 4.60. The molecule has 1 aromatic heterocycles. The minimum atomic E-state index is -3.50. The van der Waals surface area contributed by atoms with Crippen LogP contribution in [0.4, 0.5) is 0 Å². The van der Waals surface area contributed by atoms with Gasteiger partial charge in [-0.1, -0.05) is 18.2 Å². The van der Waals surface area contributed by atoms with Crippen LogP contribution in [0.15, 0.2) is 47.5 Å². The van der Waals surface area contributed by atoms with Crippen molar-refractivity contribution in [3.8, 4) is 0 Å². The molecule has 0 fully saturated rings. The van der Waals surface area contributed by atoms with Gasteiger partial charge in [-0.25, -0.2) is 12.4 Å². The topological polar surface area (TPSA) is 51.1 Å². The second-order valence-corrected chi connectivity index (χ2v) is 5.84. The zero-order chi connectivity index (χ0) is 12.6. The van der Waals surface area contributed by atoms with E-state index in [2.05, 4.69) is 5.32 Å². The zero-order valence-electron chi connectivity index (χ0n) is 9.58. The Bertz CT molecular complexity index is 789. The maximum atomic E-state index is 12.5. The molecular weight excluding hydrogens is 248 g/mol. The van der Waals surface area contributed by atoms with Gasteiger partial charge in [-0.15, -0.1) is 0 Å². The average Bonchev–Trinajstić information content (AvgIpc) is 2.84. The van der Waals surface area contributed by atoms with Crippen molar-refractivity contribution in [2.45, 2.75) is 4.90 Å². The quantitative estimate of drug-likeness (QED) is 0.817. The Morgan fingerprint density at radius 2 is 1.89 bits per heavy atom. The molecule has 1 aliphatic rings. The molecule has 92 valence electrons. The molecule has 4 nitrogen and oxygen atoms in total. The van der Waals surface area contributed by atoms with Gasteiger partial charge < -0.3 is 5.32 Å². The number of fused-ring (bicyclic) bond motifs is 1. The Kier molecular flexibility index (Phi) is 2.48. The monoisotopic (exact) mass is 260 g/mol. The average molecular weight is 260 g/mol. The summed E-state index contributed by atoms with van der Waals surface area (Å²) in [7, 11) is -3.50. The van der Waals surface area contributed by atoms with E-state index in [0.717, 1.165) is 10.6 Å². The first-order valence-electron chi connectivity index (χ1n) is 5.61. The number of hydrogen-bond acceptors (Lipinski definition) is 3. The zero-order valence-corrected chi connectivity index (χ0v) is 10.4. The van der Waals surface area contributed by atoms with Crippen LogP contribution in [0.2, 0.25) is 0 Å². The lowest BCUT2D eigenvalue weighted by atomic mass is 10.3. The predicted molar refractivity (Wildman–Crippen MR) is 69.6 cm³/mol. The van der Waals surface area contributed by atoms with Gasteiger partial charge >= 0.3 is 0 Å². The van der Waals surface area contributed by atoms with Gasteiger partial charge in [0.05, 0.1) is 10.2 Å². The molecule has 0 radical (unpaired) electrons. The third-order valence-electron chi connectivity index (χ3n) is 2.89. The molecule has 18 heavy (non-hydrogen) atoms. The molecule has 3 rings (SSSR count). The lowest BCUT2D eigenvalue weighted by molar-refractivity contribution is 0.586. The highest BCUT2D eigenvalue weighted by Crippen LogP contribution is 2.10. The maximum absolute atomic E-state index is 12.5. The van der Waals surface area contributed by atoms with Crippen molar-refractivity contribution in [1.29, 1.82) is 0 Å². The SMILES string of the molecule is O=S(=O)(c1ccccc1)n1ccc2c1=CCNC=2. The van der Waals surface area contributed by atoms with Gasteiger partial charge in [-0.3, -0.25) is 0 Å². The summed E-state index contributed by atoms with van der Waals surface area (Å²) in [4.78, 5) is 0.301. The van der Waals surface area contributed by atoms with Crippen LogP contribution in [-0.4, -0.2) is 18.9 Å². The Labute approximate surface area is 105 Å². The first-order valence-corrected chi connectivity index (χ1v) is 7.05. The van der Waals surface area contributed by atoms with Crippen molar-refractivity contribution in [3.05, 3.63) is 53.2 Å². The largest absolute Gasteiger partial charge is 0.387 e. The van der Waals surface area contributed by atoms with Crippen LogP contribution < -0.4 is 15.9 Å². The van der Waals surface area contributed by atoms with Gasteiger partial charge in [-0.05, 0) is 24.3 Å². The number of hydrogen-bond donors (Lipinski definition) is 1. The molecule has 2 aromatic rings. The molecule has 1 aromatic carbocycles. The molecule has 0 atom stereocenters. The van der Waals surface area contributed by atoms with Crippen LogP contribution in [0.25, 0.3) is 12.3 Å². The van der Waals surface area contributed by atoms with Crippen LogP contribution in [0, 0.1) is 0 Å². The minimum Gasteiger partial charge on any atom is -0.387 e. The summed E-state index contributed by atoms with van der Waals surface area (Å²) >= 11 is 0. The summed E-state index contributed by atoms with van der Waals surface area (Å²) < 4.78 is 26.3. The third kappa shape index (κ3) is 1.64. The molecule has 0 saturated heterocycles. The van der Waals surface area contributed by atoms with E-state index in [0.29, 0.717) is 11.4 Å². The molecular formula is C13H12N2O2S. The van der Waals surface area contributed by atoms with Crippen molar-refractivity contribution in [1.82, 2.24) is 9.29 Å². The molecule has 0 bridgehead atoms. The fourth-order valence-electron chi connectivity index (χ4n) is 2.01. The smallest absolute Gasteiger partial charge is 0.268 e. The summed E-state index contributed by atoms with van der Waals surface area (Å²) in [6.45, 7) is 0.640. The van der Waals surface area contributed by atoms with E-state index in [-0.39, 0.29) is 0 Å². The fraction of sp³-hybridized carbons (Fsp3) is 0.0769. The van der Waals surface area contributed by atoms with E-state index < -0.39 is 10.0 Å². The van der Waals surface area contributed by atoms with E-state index in [1.807, 2.05) is 12.3 Å². The number of nitrogens with one attached hydrogen (secondary N) is 1. The van der Waals surface area contributed by atoms with E-state index in [1.165, 1.54) is 3.97 Å². The van der Waals surface area contributed by atoms with E-state index in [1.54, 1.807) is 42.6 Å². The van der Waals surface area contributed by atoms with Gasteiger partial charge in [0.25, 0.3) is 10.0 Å². The van der Waals surface area contributed by atoms with Crippen molar-refractivity contribution in [2.24, 2.45) is 0 Å². The molecule has 5 heteroatoms. The molecule has 0 saturated carbocycles. The standard InChI is InChI=1S/C13H12N2O2S/c16-18(17,12-4-2-1-3-5-12)15-9-7-11-10-14-8-6-13(11)15/h1-7,9-10,14H,8H2. The lowest BCUT2D eigenvalue weighted by Gasteiger charge is -2.07. The number of nitrogens with zero attached hydrogens (tertiary/aromatic N) is 1. The van der Waals surface area contributed by atoms with Crippen molar-refractivity contribution < 1.29 is 8.42 Å². The summed E-state index contributed by atoms with van der Waals surface area (Å²) in [5.41, 5.74) is 0. The highest BCUT2D eigenvalue weighted by molar-refractivity contribution is 7.90. The molecule has 0 amide bonds. The summed E-state index contributed by atoms with van der Waals surface area (Å²) in [6, 6.07) is 10.2. The summed E-state index contributed by atoms with van der Waals surface area (Å²) in [5, 5.41) is 4.67. The van der Waals surface area contributed by atoms with Crippen LogP contribution >= 0.6 is 0 Å². The van der Waals surface area contributed by atoms with Crippen molar-refractivity contribution in [3.63, 3.8) is 0 Å². The Balaban J connectivity index is 2.26. The maximum Gasteiger partial charge on any atom is 0.268 e. The summed E-state index contributed by atoms with van der Waals surface area (Å²) in [5.74, 6) is 0. The predicted octanol–water partition coefficient (Wildman–Crippen LogP) is -0.153. The number of benzene rings is 1. The van der Waals surface area contributed by atoms with Gasteiger partial charge in [0, 0.05) is 24.2 Å². The van der Waals surface area contributed by atoms with Gasteiger partial charge in [0.2, 0.25) is 0 Å². The van der Waals surface area contributed by atoms with Gasteiger partial charge in [0.15, 0.2) is 0 Å². The van der Waals surface area contributed by atoms with E-state index in [4.69, 9.17) is 0 Å². The minimum absolute atomic E-state index is 0.301. The fourth-order valence-corrected chi connectivity index (χ4v) is 3.40. The van der Waals surface area contributed by atoms with E-state index in [9.17, 15) is 8.42 Å². The highest BCUT2D eigenvalue weighted by atomic mass is 32.2. The first kappa shape index (κ1) is 11.1. The molecule has 1 N–H and O–H groups in total. The van der Waals surface area contributed by atoms with Crippen molar-refractivity contribution >= 4 is 22.3 Å². The normalized spacial score (nSPS) is 14.0. The number of rotatable bonds is 2. The van der Waals surface area contributed by atoms with Crippen molar-refractivity contribution in [2.75, 3.05) is 6.54 Å². The molecule has 0 unspecified atom stereocenters. The molecule has 1 aliphatic heterocycles. The summed E-state index contributed by atoms with van der Waals surface area (Å²) in [6.07, 6.45) is 5.29. The number of aromatic nitrogens is 1. The van der Waals surface area contributed by atoms with Gasteiger partial charge in [-0.2, -0.15) is 0 Å². The Morgan fingerprint density at radius 1 is 1.11 bits per heavy atom. The highest BCUT2D eigenvalue weighted by Gasteiger charge is 2.17.